The smallest absolute Gasteiger partial charge is 0.220 e. The van der Waals surface area contributed by atoms with Gasteiger partial charge < -0.3 is 10.5 Å². The number of hydrogen-bond acceptors (Lipinski definition) is 2. The fourth-order valence-electron chi connectivity index (χ4n) is 2.03. The standard InChI is InChI=1S/C15H31NO2/c1-3-5-7-8-10-14(15(16)17)11-9-13-18-12-6-4-2/h14H,3-13H2,1-2H3,(H2,16,17). The van der Waals surface area contributed by atoms with Gasteiger partial charge in [-0.1, -0.05) is 46.0 Å². The molecule has 1 amide bonds. The lowest BCUT2D eigenvalue weighted by molar-refractivity contribution is -0.122. The van der Waals surface area contributed by atoms with E-state index in [4.69, 9.17) is 10.5 Å². The van der Waals surface area contributed by atoms with Crippen molar-refractivity contribution >= 4 is 5.91 Å². The molecule has 1 unspecified atom stereocenters. The second-order valence-corrected chi connectivity index (χ2v) is 5.06. The number of primary amides is 1. The maximum Gasteiger partial charge on any atom is 0.220 e. The summed E-state index contributed by atoms with van der Waals surface area (Å²) in [6.45, 7) is 5.95. The molecule has 0 aliphatic carbocycles. The largest absolute Gasteiger partial charge is 0.381 e. The lowest BCUT2D eigenvalue weighted by atomic mass is 9.95. The minimum Gasteiger partial charge on any atom is -0.381 e. The Hall–Kier alpha value is -0.570. The molecule has 18 heavy (non-hydrogen) atoms. The van der Waals surface area contributed by atoms with Crippen molar-refractivity contribution in [1.29, 1.82) is 0 Å². The summed E-state index contributed by atoms with van der Waals surface area (Å²) < 4.78 is 5.50. The normalized spacial score (nSPS) is 12.6. The van der Waals surface area contributed by atoms with Crippen LogP contribution in [0, 0.1) is 5.92 Å². The minimum atomic E-state index is -0.139. The molecule has 0 saturated carbocycles. The molecule has 0 aliphatic rings. The fourth-order valence-corrected chi connectivity index (χ4v) is 2.03. The van der Waals surface area contributed by atoms with Gasteiger partial charge in [-0.25, -0.2) is 0 Å². The second kappa shape index (κ2) is 12.9. The first kappa shape index (κ1) is 17.4. The highest BCUT2D eigenvalue weighted by atomic mass is 16.5. The van der Waals surface area contributed by atoms with Crippen LogP contribution in [0.15, 0.2) is 0 Å². The number of amides is 1. The monoisotopic (exact) mass is 257 g/mol. The molecule has 0 aromatic carbocycles. The van der Waals surface area contributed by atoms with Gasteiger partial charge in [0.1, 0.15) is 0 Å². The van der Waals surface area contributed by atoms with Crippen molar-refractivity contribution in [3.05, 3.63) is 0 Å². The van der Waals surface area contributed by atoms with Gasteiger partial charge >= 0.3 is 0 Å². The number of hydrogen-bond donors (Lipinski definition) is 1. The molecule has 1 atom stereocenters. The van der Waals surface area contributed by atoms with E-state index in [9.17, 15) is 4.79 Å². The predicted molar refractivity (Wildman–Crippen MR) is 76.4 cm³/mol. The van der Waals surface area contributed by atoms with Gasteiger partial charge in [0.05, 0.1) is 0 Å². The predicted octanol–water partition coefficient (Wildman–Crippen LogP) is 3.66. The van der Waals surface area contributed by atoms with Gasteiger partial charge in [-0.2, -0.15) is 0 Å². The quantitative estimate of drug-likeness (QED) is 0.512. The van der Waals surface area contributed by atoms with Crippen LogP contribution in [0.2, 0.25) is 0 Å². The average molecular weight is 257 g/mol. The molecule has 0 bridgehead atoms. The molecule has 2 N–H and O–H groups in total. The fraction of sp³-hybridized carbons (Fsp3) is 0.933. The Balaban J connectivity index is 3.54. The summed E-state index contributed by atoms with van der Waals surface area (Å²) in [5.74, 6) is -0.0864. The number of nitrogens with two attached hydrogens (primary N) is 1. The van der Waals surface area contributed by atoms with Crippen molar-refractivity contribution in [2.24, 2.45) is 11.7 Å². The van der Waals surface area contributed by atoms with Gasteiger partial charge in [0.25, 0.3) is 0 Å². The molecular formula is C15H31NO2. The molecule has 0 aromatic heterocycles. The van der Waals surface area contributed by atoms with E-state index in [0.29, 0.717) is 0 Å². The van der Waals surface area contributed by atoms with Crippen molar-refractivity contribution in [2.45, 2.75) is 71.6 Å². The summed E-state index contributed by atoms with van der Waals surface area (Å²) in [5, 5.41) is 0. The molecule has 0 saturated heterocycles. The van der Waals surface area contributed by atoms with E-state index in [2.05, 4.69) is 13.8 Å². The van der Waals surface area contributed by atoms with E-state index in [-0.39, 0.29) is 11.8 Å². The maximum atomic E-state index is 11.3. The van der Waals surface area contributed by atoms with Crippen LogP contribution >= 0.6 is 0 Å². The lowest BCUT2D eigenvalue weighted by Gasteiger charge is -2.13. The molecule has 3 heteroatoms. The van der Waals surface area contributed by atoms with Crippen LogP contribution in [0.25, 0.3) is 0 Å². The molecule has 108 valence electrons. The zero-order valence-electron chi connectivity index (χ0n) is 12.2. The van der Waals surface area contributed by atoms with E-state index in [0.717, 1.165) is 45.3 Å². The van der Waals surface area contributed by atoms with Crippen molar-refractivity contribution < 1.29 is 9.53 Å². The third-order valence-corrected chi connectivity index (χ3v) is 3.29. The van der Waals surface area contributed by atoms with Crippen LogP contribution in [-0.2, 0) is 9.53 Å². The van der Waals surface area contributed by atoms with Crippen LogP contribution in [-0.4, -0.2) is 19.1 Å². The van der Waals surface area contributed by atoms with E-state index >= 15 is 0 Å². The molecule has 0 rings (SSSR count). The second-order valence-electron chi connectivity index (χ2n) is 5.06. The van der Waals surface area contributed by atoms with Gasteiger partial charge in [-0.05, 0) is 25.7 Å². The highest BCUT2D eigenvalue weighted by molar-refractivity contribution is 5.76. The first-order valence-corrected chi connectivity index (χ1v) is 7.59. The first-order chi connectivity index (χ1) is 8.72. The molecule has 0 spiro atoms. The molecule has 0 fully saturated rings. The molecule has 3 nitrogen and oxygen atoms in total. The summed E-state index contributed by atoms with van der Waals surface area (Å²) in [6, 6.07) is 0. The molecule has 0 heterocycles. The van der Waals surface area contributed by atoms with Crippen molar-refractivity contribution in [2.75, 3.05) is 13.2 Å². The van der Waals surface area contributed by atoms with Crippen LogP contribution in [0.3, 0.4) is 0 Å². The molecule has 0 radical (unpaired) electrons. The van der Waals surface area contributed by atoms with Crippen LogP contribution in [0.5, 0.6) is 0 Å². The topological polar surface area (TPSA) is 52.3 Å². The van der Waals surface area contributed by atoms with Crippen molar-refractivity contribution in [3.63, 3.8) is 0 Å². The lowest BCUT2D eigenvalue weighted by Crippen LogP contribution is -2.23. The number of carbonyl (C=O) groups is 1. The Morgan fingerprint density at radius 3 is 2.17 bits per heavy atom. The maximum absolute atomic E-state index is 11.3. The number of ether oxygens (including phenoxy) is 1. The Bertz CT molecular complexity index is 195. The zero-order chi connectivity index (χ0) is 13.6. The third-order valence-electron chi connectivity index (χ3n) is 3.29. The summed E-state index contributed by atoms with van der Waals surface area (Å²) in [4.78, 5) is 11.3. The average Bonchev–Trinajstić information content (AvgIpc) is 2.35. The molecule has 0 aromatic rings. The minimum absolute atomic E-state index is 0.0524. The summed E-state index contributed by atoms with van der Waals surface area (Å²) in [7, 11) is 0. The van der Waals surface area contributed by atoms with E-state index in [1.54, 1.807) is 0 Å². The van der Waals surface area contributed by atoms with Gasteiger partial charge in [0, 0.05) is 19.1 Å². The number of unbranched alkanes of at least 4 members (excludes halogenated alkanes) is 4. The van der Waals surface area contributed by atoms with Gasteiger partial charge in [-0.3, -0.25) is 4.79 Å². The first-order valence-electron chi connectivity index (χ1n) is 7.59. The Labute approximate surface area is 112 Å². The summed E-state index contributed by atoms with van der Waals surface area (Å²) >= 11 is 0. The van der Waals surface area contributed by atoms with Crippen LogP contribution in [0.1, 0.15) is 71.6 Å². The Kier molecular flexibility index (Phi) is 12.5. The zero-order valence-corrected chi connectivity index (χ0v) is 12.2. The molecular weight excluding hydrogens is 226 g/mol. The highest BCUT2D eigenvalue weighted by Gasteiger charge is 2.14. The van der Waals surface area contributed by atoms with E-state index in [1.807, 2.05) is 0 Å². The third kappa shape index (κ3) is 10.6. The SMILES string of the molecule is CCCCCCC(CCCOCCCC)C(N)=O. The molecule has 0 aliphatic heterocycles. The number of carbonyl (C=O) groups excluding carboxylic acids is 1. The van der Waals surface area contributed by atoms with Crippen LogP contribution < -0.4 is 5.73 Å². The van der Waals surface area contributed by atoms with Crippen molar-refractivity contribution in [1.82, 2.24) is 0 Å². The van der Waals surface area contributed by atoms with Crippen molar-refractivity contribution in [3.8, 4) is 0 Å². The summed E-state index contributed by atoms with van der Waals surface area (Å²) in [6.07, 6.45) is 9.89. The van der Waals surface area contributed by atoms with Gasteiger partial charge in [-0.15, -0.1) is 0 Å². The van der Waals surface area contributed by atoms with Crippen LogP contribution in [0.4, 0.5) is 0 Å². The Morgan fingerprint density at radius 1 is 0.944 bits per heavy atom. The highest BCUT2D eigenvalue weighted by Crippen LogP contribution is 2.16. The van der Waals surface area contributed by atoms with E-state index < -0.39 is 0 Å². The van der Waals surface area contributed by atoms with Gasteiger partial charge in [0.2, 0.25) is 5.91 Å². The summed E-state index contributed by atoms with van der Waals surface area (Å²) in [5.41, 5.74) is 5.43. The number of rotatable bonds is 13. The van der Waals surface area contributed by atoms with Gasteiger partial charge in [0.15, 0.2) is 0 Å². The Morgan fingerprint density at radius 2 is 1.56 bits per heavy atom. The van der Waals surface area contributed by atoms with E-state index in [1.165, 1.54) is 25.7 Å².